The molecule has 0 spiro atoms. The molecule has 0 radical (unpaired) electrons. The van der Waals surface area contributed by atoms with E-state index in [1.165, 1.54) is 4.90 Å². The predicted octanol–water partition coefficient (Wildman–Crippen LogP) is 3.44. The summed E-state index contributed by atoms with van der Waals surface area (Å²) in [5.41, 5.74) is 2.83. The number of aryl methyl sites for hydroxylation is 1. The molecular formula is C16H12ClNO2. The lowest BCUT2D eigenvalue weighted by atomic mass is 10.1. The standard InChI is InChI=1S/C16H12ClNO2/c1-10-4-2-3-5-11(10)9-18-15(19)13-7-6-12(17)8-14(13)16(18)20/h2-8H,9H2,1H3. The van der Waals surface area contributed by atoms with Crippen LogP contribution in [0.25, 0.3) is 0 Å². The van der Waals surface area contributed by atoms with E-state index in [-0.39, 0.29) is 18.4 Å². The number of hydrogen-bond acceptors (Lipinski definition) is 2. The van der Waals surface area contributed by atoms with Crippen LogP contribution < -0.4 is 0 Å². The van der Waals surface area contributed by atoms with E-state index in [4.69, 9.17) is 11.6 Å². The summed E-state index contributed by atoms with van der Waals surface area (Å²) in [7, 11) is 0. The third kappa shape index (κ3) is 2.00. The Hall–Kier alpha value is -2.13. The van der Waals surface area contributed by atoms with Crippen molar-refractivity contribution in [1.29, 1.82) is 0 Å². The second kappa shape index (κ2) is 4.76. The molecule has 1 heterocycles. The van der Waals surface area contributed by atoms with Gasteiger partial charge in [-0.2, -0.15) is 0 Å². The lowest BCUT2D eigenvalue weighted by Gasteiger charge is -2.15. The predicted molar refractivity (Wildman–Crippen MR) is 76.8 cm³/mol. The highest BCUT2D eigenvalue weighted by Crippen LogP contribution is 2.27. The Bertz CT molecular complexity index is 724. The molecule has 2 aromatic carbocycles. The summed E-state index contributed by atoms with van der Waals surface area (Å²) < 4.78 is 0. The Kier molecular flexibility index (Phi) is 3.07. The first kappa shape index (κ1) is 12.9. The van der Waals surface area contributed by atoms with Gasteiger partial charge in [-0.3, -0.25) is 14.5 Å². The van der Waals surface area contributed by atoms with Crippen LogP contribution in [-0.4, -0.2) is 16.7 Å². The quantitative estimate of drug-likeness (QED) is 0.793. The summed E-state index contributed by atoms with van der Waals surface area (Å²) in [4.78, 5) is 25.9. The van der Waals surface area contributed by atoms with Crippen molar-refractivity contribution in [3.05, 3.63) is 69.7 Å². The SMILES string of the molecule is Cc1ccccc1CN1C(=O)c2ccc(Cl)cc2C1=O. The zero-order valence-electron chi connectivity index (χ0n) is 10.9. The van der Waals surface area contributed by atoms with Crippen LogP contribution in [-0.2, 0) is 6.54 Å². The molecule has 0 atom stereocenters. The van der Waals surface area contributed by atoms with Crippen molar-refractivity contribution in [3.8, 4) is 0 Å². The molecule has 20 heavy (non-hydrogen) atoms. The Balaban J connectivity index is 1.96. The molecule has 0 unspecified atom stereocenters. The highest BCUT2D eigenvalue weighted by molar-refractivity contribution is 6.32. The number of amides is 2. The van der Waals surface area contributed by atoms with E-state index in [1.54, 1.807) is 18.2 Å². The maximum absolute atomic E-state index is 12.3. The fourth-order valence-corrected chi connectivity index (χ4v) is 2.54. The molecule has 0 saturated carbocycles. The minimum absolute atomic E-state index is 0.259. The fourth-order valence-electron chi connectivity index (χ4n) is 2.36. The largest absolute Gasteiger partial charge is 0.270 e. The van der Waals surface area contributed by atoms with Gasteiger partial charge in [-0.1, -0.05) is 35.9 Å². The number of halogens is 1. The molecule has 4 heteroatoms. The molecule has 0 aliphatic carbocycles. The van der Waals surface area contributed by atoms with Gasteiger partial charge in [0.15, 0.2) is 0 Å². The molecule has 2 amide bonds. The molecule has 0 N–H and O–H groups in total. The van der Waals surface area contributed by atoms with Gasteiger partial charge in [0.1, 0.15) is 0 Å². The highest BCUT2D eigenvalue weighted by Gasteiger charge is 2.35. The molecule has 0 aromatic heterocycles. The Morgan fingerprint density at radius 3 is 2.45 bits per heavy atom. The van der Waals surface area contributed by atoms with Gasteiger partial charge >= 0.3 is 0 Å². The number of benzene rings is 2. The molecule has 100 valence electrons. The first-order chi connectivity index (χ1) is 9.58. The van der Waals surface area contributed by atoms with Gasteiger partial charge in [-0.15, -0.1) is 0 Å². The van der Waals surface area contributed by atoms with Gasteiger partial charge in [0.2, 0.25) is 0 Å². The zero-order valence-corrected chi connectivity index (χ0v) is 11.6. The molecular weight excluding hydrogens is 274 g/mol. The van der Waals surface area contributed by atoms with E-state index in [0.717, 1.165) is 11.1 Å². The van der Waals surface area contributed by atoms with Crippen molar-refractivity contribution in [2.75, 3.05) is 0 Å². The van der Waals surface area contributed by atoms with Gasteiger partial charge in [-0.25, -0.2) is 0 Å². The van der Waals surface area contributed by atoms with E-state index in [1.807, 2.05) is 31.2 Å². The second-order valence-corrected chi connectivity index (χ2v) is 5.25. The van der Waals surface area contributed by atoms with Crippen molar-refractivity contribution < 1.29 is 9.59 Å². The number of rotatable bonds is 2. The van der Waals surface area contributed by atoms with Gasteiger partial charge in [0.05, 0.1) is 17.7 Å². The molecule has 0 fully saturated rings. The summed E-state index contributed by atoms with van der Waals surface area (Å²) in [5.74, 6) is -0.541. The topological polar surface area (TPSA) is 37.4 Å². The van der Waals surface area contributed by atoms with Crippen LogP contribution >= 0.6 is 11.6 Å². The number of carbonyl (C=O) groups is 2. The smallest absolute Gasteiger partial charge is 0.261 e. The maximum atomic E-state index is 12.3. The summed E-state index contributed by atoms with van der Waals surface area (Å²) in [5, 5.41) is 0.461. The lowest BCUT2D eigenvalue weighted by Crippen LogP contribution is -2.29. The molecule has 0 bridgehead atoms. The number of hydrogen-bond donors (Lipinski definition) is 0. The fraction of sp³-hybridized carbons (Fsp3) is 0.125. The van der Waals surface area contributed by atoms with Crippen LogP contribution in [0.1, 0.15) is 31.8 Å². The van der Waals surface area contributed by atoms with E-state index in [2.05, 4.69) is 0 Å². The zero-order chi connectivity index (χ0) is 14.3. The molecule has 0 saturated heterocycles. The normalized spacial score (nSPS) is 13.8. The molecule has 1 aliphatic heterocycles. The maximum Gasteiger partial charge on any atom is 0.261 e. The third-order valence-electron chi connectivity index (χ3n) is 3.52. The van der Waals surface area contributed by atoms with Crippen molar-refractivity contribution in [2.45, 2.75) is 13.5 Å². The first-order valence-electron chi connectivity index (χ1n) is 6.28. The summed E-state index contributed by atoms with van der Waals surface area (Å²) in [6.07, 6.45) is 0. The lowest BCUT2D eigenvalue weighted by molar-refractivity contribution is 0.0642. The number of fused-ring (bicyclic) bond motifs is 1. The van der Waals surface area contributed by atoms with E-state index < -0.39 is 0 Å². The van der Waals surface area contributed by atoms with Crippen LogP contribution in [0.2, 0.25) is 5.02 Å². The highest BCUT2D eigenvalue weighted by atomic mass is 35.5. The monoisotopic (exact) mass is 285 g/mol. The average molecular weight is 286 g/mol. The Morgan fingerprint density at radius 1 is 1.00 bits per heavy atom. The average Bonchev–Trinajstić information content (AvgIpc) is 2.66. The molecule has 3 nitrogen and oxygen atoms in total. The Labute approximate surface area is 121 Å². The van der Waals surface area contributed by atoms with Crippen molar-refractivity contribution in [1.82, 2.24) is 4.90 Å². The van der Waals surface area contributed by atoms with Crippen molar-refractivity contribution in [3.63, 3.8) is 0 Å². The van der Waals surface area contributed by atoms with Crippen LogP contribution in [0, 0.1) is 6.92 Å². The van der Waals surface area contributed by atoms with E-state index in [0.29, 0.717) is 16.1 Å². The molecule has 2 aromatic rings. The van der Waals surface area contributed by atoms with Crippen molar-refractivity contribution in [2.24, 2.45) is 0 Å². The molecule has 1 aliphatic rings. The van der Waals surface area contributed by atoms with Gasteiger partial charge in [0.25, 0.3) is 11.8 Å². The van der Waals surface area contributed by atoms with Crippen LogP contribution in [0.15, 0.2) is 42.5 Å². The first-order valence-corrected chi connectivity index (χ1v) is 6.66. The van der Waals surface area contributed by atoms with E-state index in [9.17, 15) is 9.59 Å². The number of nitrogens with zero attached hydrogens (tertiary/aromatic N) is 1. The van der Waals surface area contributed by atoms with Crippen LogP contribution in [0.3, 0.4) is 0 Å². The minimum Gasteiger partial charge on any atom is -0.270 e. The van der Waals surface area contributed by atoms with Crippen molar-refractivity contribution >= 4 is 23.4 Å². The van der Waals surface area contributed by atoms with E-state index >= 15 is 0 Å². The van der Waals surface area contributed by atoms with Crippen LogP contribution in [0.4, 0.5) is 0 Å². The number of imide groups is 1. The van der Waals surface area contributed by atoms with Gasteiger partial charge in [0, 0.05) is 5.02 Å². The van der Waals surface area contributed by atoms with Gasteiger partial charge < -0.3 is 0 Å². The van der Waals surface area contributed by atoms with Crippen LogP contribution in [0.5, 0.6) is 0 Å². The summed E-state index contributed by atoms with van der Waals surface area (Å²) in [6, 6.07) is 12.5. The second-order valence-electron chi connectivity index (χ2n) is 4.81. The Morgan fingerprint density at radius 2 is 1.70 bits per heavy atom. The summed E-state index contributed by atoms with van der Waals surface area (Å²) in [6.45, 7) is 2.25. The molecule has 3 rings (SSSR count). The summed E-state index contributed by atoms with van der Waals surface area (Å²) >= 11 is 5.89. The minimum atomic E-state index is -0.282. The number of carbonyl (C=O) groups excluding carboxylic acids is 2. The third-order valence-corrected chi connectivity index (χ3v) is 3.76. The van der Waals surface area contributed by atoms with Gasteiger partial charge in [-0.05, 0) is 36.2 Å².